The third-order valence-corrected chi connectivity index (χ3v) is 3.39. The van der Waals surface area contributed by atoms with E-state index in [1.807, 2.05) is 0 Å². The minimum Gasteiger partial charge on any atom is -0.454 e. The van der Waals surface area contributed by atoms with E-state index in [0.717, 1.165) is 24.3 Å². The Morgan fingerprint density at radius 3 is 2.37 bits per heavy atom. The van der Waals surface area contributed by atoms with E-state index in [4.69, 9.17) is 14.2 Å². The Morgan fingerprint density at radius 2 is 1.74 bits per heavy atom. The first kappa shape index (κ1) is 18.0. The van der Waals surface area contributed by atoms with Crippen LogP contribution in [0.4, 0.5) is 20.2 Å². The fraction of sp³-hybridized carbons (Fsp3) is 0.125. The third-order valence-electron chi connectivity index (χ3n) is 3.39. The molecule has 3 rings (SSSR count). The Kier molecular flexibility index (Phi) is 4.83. The van der Waals surface area contributed by atoms with Crippen molar-refractivity contribution in [1.82, 2.24) is 0 Å². The number of esters is 1. The van der Waals surface area contributed by atoms with Gasteiger partial charge in [-0.25, -0.2) is 13.6 Å². The van der Waals surface area contributed by atoms with Crippen molar-refractivity contribution in [3.63, 3.8) is 0 Å². The van der Waals surface area contributed by atoms with Gasteiger partial charge < -0.3 is 19.5 Å². The van der Waals surface area contributed by atoms with Crippen LogP contribution in [0.5, 0.6) is 11.5 Å². The van der Waals surface area contributed by atoms with Gasteiger partial charge in [-0.05, 0) is 12.1 Å². The molecule has 0 saturated heterocycles. The topological polar surface area (TPSA) is 117 Å². The number of amides is 1. The lowest BCUT2D eigenvalue weighted by molar-refractivity contribution is -0.385. The molecule has 0 atom stereocenters. The highest BCUT2D eigenvalue weighted by atomic mass is 19.1. The number of hydrogen-bond acceptors (Lipinski definition) is 7. The maximum atomic E-state index is 13.1. The standard InChI is InChI=1S/C16H10F2N2O7/c17-8-1-9(18)3-10(2-8)19-15(21)6-25-16(22)11-4-13-14(27-7-26-13)5-12(11)20(23)24/h1-5H,6-7H2,(H,19,21). The lowest BCUT2D eigenvalue weighted by Gasteiger charge is -2.08. The fourth-order valence-electron chi connectivity index (χ4n) is 2.28. The summed E-state index contributed by atoms with van der Waals surface area (Å²) in [4.78, 5) is 34.2. The number of benzene rings is 2. The van der Waals surface area contributed by atoms with Gasteiger partial charge in [-0.15, -0.1) is 0 Å². The Hall–Kier alpha value is -3.76. The van der Waals surface area contributed by atoms with Crippen LogP contribution in [0.15, 0.2) is 30.3 Å². The van der Waals surface area contributed by atoms with Crippen molar-refractivity contribution in [3.8, 4) is 11.5 Å². The molecule has 9 nitrogen and oxygen atoms in total. The van der Waals surface area contributed by atoms with Crippen molar-refractivity contribution < 1.29 is 37.5 Å². The van der Waals surface area contributed by atoms with Crippen LogP contribution in [0, 0.1) is 21.7 Å². The molecule has 0 bridgehead atoms. The molecule has 0 aromatic heterocycles. The van der Waals surface area contributed by atoms with Gasteiger partial charge in [0.15, 0.2) is 18.1 Å². The molecule has 1 aliphatic rings. The van der Waals surface area contributed by atoms with Crippen LogP contribution in [0.1, 0.15) is 10.4 Å². The molecule has 0 fully saturated rings. The number of nitrogens with one attached hydrogen (secondary N) is 1. The molecule has 27 heavy (non-hydrogen) atoms. The second-order valence-corrected chi connectivity index (χ2v) is 5.26. The Morgan fingerprint density at radius 1 is 1.11 bits per heavy atom. The van der Waals surface area contributed by atoms with Gasteiger partial charge in [0.2, 0.25) is 6.79 Å². The van der Waals surface area contributed by atoms with Gasteiger partial charge in [-0.1, -0.05) is 0 Å². The average molecular weight is 380 g/mol. The van der Waals surface area contributed by atoms with E-state index in [1.165, 1.54) is 0 Å². The van der Waals surface area contributed by atoms with Crippen LogP contribution in [-0.2, 0) is 9.53 Å². The maximum Gasteiger partial charge on any atom is 0.345 e. The van der Waals surface area contributed by atoms with Crippen LogP contribution >= 0.6 is 0 Å². The summed E-state index contributed by atoms with van der Waals surface area (Å²) >= 11 is 0. The molecule has 2 aromatic rings. The summed E-state index contributed by atoms with van der Waals surface area (Å²) in [6, 6.07) is 4.43. The zero-order chi connectivity index (χ0) is 19.6. The predicted octanol–water partition coefficient (Wildman–Crippen LogP) is 2.40. The fourth-order valence-corrected chi connectivity index (χ4v) is 2.28. The highest BCUT2D eigenvalue weighted by Crippen LogP contribution is 2.38. The normalized spacial score (nSPS) is 11.8. The SMILES string of the molecule is O=C(COC(=O)c1cc2c(cc1[N+](=O)[O-])OCO2)Nc1cc(F)cc(F)c1. The lowest BCUT2D eigenvalue weighted by Crippen LogP contribution is -2.21. The van der Waals surface area contributed by atoms with E-state index in [2.05, 4.69) is 5.32 Å². The second-order valence-electron chi connectivity index (χ2n) is 5.26. The smallest absolute Gasteiger partial charge is 0.345 e. The summed E-state index contributed by atoms with van der Waals surface area (Å²) in [7, 11) is 0. The first-order chi connectivity index (χ1) is 12.8. The summed E-state index contributed by atoms with van der Waals surface area (Å²) in [6.45, 7) is -0.986. The maximum absolute atomic E-state index is 13.1. The van der Waals surface area contributed by atoms with Gasteiger partial charge in [0.1, 0.15) is 17.2 Å². The number of nitrogens with zero attached hydrogens (tertiary/aromatic N) is 1. The van der Waals surface area contributed by atoms with Crippen molar-refractivity contribution in [2.45, 2.75) is 0 Å². The van der Waals surface area contributed by atoms with E-state index in [-0.39, 0.29) is 24.0 Å². The van der Waals surface area contributed by atoms with Crippen LogP contribution < -0.4 is 14.8 Å². The van der Waals surface area contributed by atoms with Crippen molar-refractivity contribution >= 4 is 23.3 Å². The zero-order valence-electron chi connectivity index (χ0n) is 13.4. The lowest BCUT2D eigenvalue weighted by atomic mass is 10.1. The number of carbonyl (C=O) groups is 2. The van der Waals surface area contributed by atoms with Gasteiger partial charge in [0.05, 0.1) is 11.0 Å². The molecule has 1 N–H and O–H groups in total. The van der Waals surface area contributed by atoms with E-state index in [0.29, 0.717) is 6.07 Å². The number of nitro groups is 1. The molecule has 0 spiro atoms. The summed E-state index contributed by atoms with van der Waals surface area (Å²) in [5, 5.41) is 13.3. The minimum atomic E-state index is -1.15. The molecular formula is C16H10F2N2O7. The molecule has 0 aliphatic carbocycles. The third kappa shape index (κ3) is 4.08. The Balaban J connectivity index is 1.69. The number of halogens is 2. The van der Waals surface area contributed by atoms with Crippen molar-refractivity contribution in [3.05, 3.63) is 57.6 Å². The van der Waals surface area contributed by atoms with E-state index >= 15 is 0 Å². The van der Waals surface area contributed by atoms with Gasteiger partial charge >= 0.3 is 5.97 Å². The summed E-state index contributed by atoms with van der Waals surface area (Å²) in [5.41, 5.74) is -1.20. The number of nitro benzene ring substituents is 1. The number of hydrogen-bond donors (Lipinski definition) is 1. The first-order valence-corrected chi connectivity index (χ1v) is 7.34. The van der Waals surface area contributed by atoms with Crippen molar-refractivity contribution in [2.75, 3.05) is 18.7 Å². The highest BCUT2D eigenvalue weighted by molar-refractivity contribution is 5.98. The van der Waals surface area contributed by atoms with Gasteiger partial charge in [0, 0.05) is 17.8 Å². The van der Waals surface area contributed by atoms with E-state index in [1.54, 1.807) is 0 Å². The number of anilines is 1. The largest absolute Gasteiger partial charge is 0.454 e. The number of fused-ring (bicyclic) bond motifs is 1. The molecule has 1 aliphatic heterocycles. The highest BCUT2D eigenvalue weighted by Gasteiger charge is 2.28. The zero-order valence-corrected chi connectivity index (χ0v) is 13.4. The van der Waals surface area contributed by atoms with E-state index in [9.17, 15) is 28.5 Å². The van der Waals surface area contributed by atoms with Crippen LogP contribution in [0.3, 0.4) is 0 Å². The average Bonchev–Trinajstić information content (AvgIpc) is 3.05. The number of ether oxygens (including phenoxy) is 3. The first-order valence-electron chi connectivity index (χ1n) is 7.34. The summed E-state index contributed by atoms with van der Waals surface area (Å²) in [6.07, 6.45) is 0. The minimum absolute atomic E-state index is 0.101. The molecular weight excluding hydrogens is 370 g/mol. The van der Waals surface area contributed by atoms with Gasteiger partial charge in [-0.2, -0.15) is 0 Å². The van der Waals surface area contributed by atoms with Crippen LogP contribution in [0.25, 0.3) is 0 Å². The van der Waals surface area contributed by atoms with Crippen molar-refractivity contribution in [1.29, 1.82) is 0 Å². The monoisotopic (exact) mass is 380 g/mol. The van der Waals surface area contributed by atoms with Gasteiger partial charge in [0.25, 0.3) is 11.6 Å². The molecule has 0 saturated carbocycles. The van der Waals surface area contributed by atoms with Crippen LogP contribution in [-0.4, -0.2) is 30.2 Å². The molecule has 1 heterocycles. The summed E-state index contributed by atoms with van der Waals surface area (Å²) in [5.74, 6) is -3.63. The molecule has 0 unspecified atom stereocenters. The van der Waals surface area contributed by atoms with E-state index < -0.39 is 46.3 Å². The molecule has 11 heteroatoms. The molecule has 2 aromatic carbocycles. The Bertz CT molecular complexity index is 928. The van der Waals surface area contributed by atoms with Crippen LogP contribution in [0.2, 0.25) is 0 Å². The molecule has 0 radical (unpaired) electrons. The second kappa shape index (κ2) is 7.23. The number of carbonyl (C=O) groups excluding carboxylic acids is 2. The quantitative estimate of drug-likeness (QED) is 0.481. The number of rotatable bonds is 5. The summed E-state index contributed by atoms with van der Waals surface area (Å²) < 4.78 is 40.9. The predicted molar refractivity (Wildman–Crippen MR) is 84.5 cm³/mol. The van der Waals surface area contributed by atoms with Gasteiger partial charge in [-0.3, -0.25) is 14.9 Å². The molecule has 1 amide bonds. The molecule has 140 valence electrons. The Labute approximate surface area is 149 Å². The van der Waals surface area contributed by atoms with Crippen molar-refractivity contribution in [2.24, 2.45) is 0 Å².